The molecule has 2 rings (SSSR count). The Morgan fingerprint density at radius 2 is 1.16 bits per heavy atom. The van der Waals surface area contributed by atoms with Crippen LogP contribution in [0.25, 0.3) is 0 Å². The van der Waals surface area contributed by atoms with Crippen LogP contribution in [0.3, 0.4) is 0 Å². The van der Waals surface area contributed by atoms with Crippen molar-refractivity contribution in [3.8, 4) is 0 Å². The minimum atomic E-state index is -0.951. The van der Waals surface area contributed by atoms with Crippen molar-refractivity contribution in [2.45, 2.75) is 175 Å². The topological polar surface area (TPSA) is 183 Å². The van der Waals surface area contributed by atoms with Crippen LogP contribution >= 0.6 is 0 Å². The Hall–Kier alpha value is -5.14. The Kier molecular flexibility index (Phi) is 27.8. The highest BCUT2D eigenvalue weighted by Gasteiger charge is 2.26. The van der Waals surface area contributed by atoms with Crippen LogP contribution in [0.5, 0.6) is 0 Å². The number of aliphatic imine (C=N–C) groups is 1. The van der Waals surface area contributed by atoms with Crippen LogP contribution in [0, 0.1) is 5.92 Å². The first-order valence-corrected chi connectivity index (χ1v) is 22.8. The highest BCUT2D eigenvalue weighted by molar-refractivity contribution is 5.85. The van der Waals surface area contributed by atoms with Gasteiger partial charge in [0.2, 0.25) is 5.91 Å². The van der Waals surface area contributed by atoms with Crippen LogP contribution in [0.15, 0.2) is 65.7 Å². The number of alkyl carbamates (subject to hydrolysis) is 3. The number of carbonyl (C=O) groups is 5. The van der Waals surface area contributed by atoms with Gasteiger partial charge in [-0.3, -0.25) is 25.2 Å². The van der Waals surface area contributed by atoms with Gasteiger partial charge < -0.3 is 29.6 Å². The van der Waals surface area contributed by atoms with Gasteiger partial charge in [0.05, 0.1) is 12.3 Å². The summed E-state index contributed by atoms with van der Waals surface area (Å²) in [6.45, 7) is 10.2. The lowest BCUT2D eigenvalue weighted by molar-refractivity contribution is -0.156. The largest absolute Gasteiger partial charge is 0.445 e. The molecule has 0 fully saturated rings. The van der Waals surface area contributed by atoms with Gasteiger partial charge in [0.15, 0.2) is 6.23 Å². The standard InChI is InChI=1S/C48H75N5O9/c1-6-8-10-12-13-22-30-40(29-21-11-9-7-2)44(55)61-42(53-46(57)60-36-39-27-19-15-20-28-39)31-23-16-24-33-50-43(54)41(52-47(58)62-48(3,4)5)32-34-49-37-51-45(56)59-35-38-25-17-14-18-26-38/h14-15,17-20,25-28,37,40-42H,6-13,16,21-24,29-36H2,1-5H3,(H,50,54)(H,52,58)(H,53,57)(H,49,51,56). The van der Waals surface area contributed by atoms with E-state index >= 15 is 0 Å². The van der Waals surface area contributed by atoms with Gasteiger partial charge in [0.1, 0.15) is 24.9 Å². The van der Waals surface area contributed by atoms with Crippen LogP contribution in [-0.4, -0.2) is 67.5 Å². The zero-order valence-corrected chi connectivity index (χ0v) is 38.1. The van der Waals surface area contributed by atoms with Gasteiger partial charge in [-0.1, -0.05) is 145 Å². The third kappa shape index (κ3) is 26.9. The number of benzene rings is 2. The Morgan fingerprint density at radius 3 is 1.76 bits per heavy atom. The van der Waals surface area contributed by atoms with E-state index in [1.54, 1.807) is 20.8 Å². The minimum absolute atomic E-state index is 0.0853. The zero-order chi connectivity index (χ0) is 45.3. The fourth-order valence-corrected chi connectivity index (χ4v) is 6.48. The van der Waals surface area contributed by atoms with Gasteiger partial charge >= 0.3 is 24.2 Å². The lowest BCUT2D eigenvalue weighted by Gasteiger charge is -2.23. The fourth-order valence-electron chi connectivity index (χ4n) is 6.48. The van der Waals surface area contributed by atoms with Crippen molar-refractivity contribution >= 4 is 36.5 Å². The molecule has 0 bridgehead atoms. The molecule has 62 heavy (non-hydrogen) atoms. The molecule has 4 amide bonds. The summed E-state index contributed by atoms with van der Waals surface area (Å²) in [5.41, 5.74) is 0.918. The molecule has 4 N–H and O–H groups in total. The summed E-state index contributed by atoms with van der Waals surface area (Å²) < 4.78 is 22.0. The number of esters is 1. The summed E-state index contributed by atoms with van der Waals surface area (Å²) in [5, 5.41) is 10.7. The Morgan fingerprint density at radius 1 is 0.629 bits per heavy atom. The van der Waals surface area contributed by atoms with Crippen molar-refractivity contribution in [2.75, 3.05) is 13.1 Å². The normalized spacial score (nSPS) is 12.7. The lowest BCUT2D eigenvalue weighted by atomic mass is 9.94. The minimum Gasteiger partial charge on any atom is -0.445 e. The molecule has 14 nitrogen and oxygen atoms in total. The van der Waals surface area contributed by atoms with Crippen LogP contribution < -0.4 is 21.3 Å². The van der Waals surface area contributed by atoms with E-state index in [2.05, 4.69) is 40.1 Å². The molecule has 0 aliphatic carbocycles. The summed E-state index contributed by atoms with van der Waals surface area (Å²) in [7, 11) is 0. The van der Waals surface area contributed by atoms with Gasteiger partial charge in [-0.25, -0.2) is 14.4 Å². The van der Waals surface area contributed by atoms with Gasteiger partial charge in [-0.15, -0.1) is 0 Å². The monoisotopic (exact) mass is 866 g/mol. The predicted octanol–water partition coefficient (Wildman–Crippen LogP) is 10.0. The lowest BCUT2D eigenvalue weighted by Crippen LogP contribution is -2.48. The van der Waals surface area contributed by atoms with E-state index in [-0.39, 0.29) is 38.1 Å². The molecule has 0 aliphatic heterocycles. The first-order valence-electron chi connectivity index (χ1n) is 22.8. The Bertz CT molecular complexity index is 1570. The molecule has 14 heteroatoms. The van der Waals surface area contributed by atoms with E-state index in [0.717, 1.165) is 68.9 Å². The van der Waals surface area contributed by atoms with Crippen molar-refractivity contribution < 1.29 is 42.9 Å². The number of unbranched alkanes of at least 4 members (excludes halogenated alkanes) is 10. The molecule has 3 atom stereocenters. The van der Waals surface area contributed by atoms with E-state index in [1.807, 2.05) is 60.7 Å². The predicted molar refractivity (Wildman–Crippen MR) is 242 cm³/mol. The number of rotatable bonds is 31. The molecule has 3 unspecified atom stereocenters. The van der Waals surface area contributed by atoms with Gasteiger partial charge in [-0.2, -0.15) is 0 Å². The summed E-state index contributed by atoms with van der Waals surface area (Å²) in [5.74, 6) is -0.933. The summed E-state index contributed by atoms with van der Waals surface area (Å²) >= 11 is 0. The number of amides is 4. The Labute approximate surface area is 370 Å². The molecule has 0 aliphatic rings. The number of hydrogen-bond acceptors (Lipinski definition) is 10. The zero-order valence-electron chi connectivity index (χ0n) is 38.1. The molecule has 346 valence electrons. The molecule has 2 aromatic rings. The van der Waals surface area contributed by atoms with Crippen molar-refractivity contribution in [2.24, 2.45) is 10.9 Å². The Balaban J connectivity index is 1.95. The van der Waals surface area contributed by atoms with Crippen molar-refractivity contribution in [3.05, 3.63) is 71.8 Å². The highest BCUT2D eigenvalue weighted by Crippen LogP contribution is 2.22. The van der Waals surface area contributed by atoms with Crippen LogP contribution in [0.2, 0.25) is 0 Å². The summed E-state index contributed by atoms with van der Waals surface area (Å²) in [4.78, 5) is 68.6. The van der Waals surface area contributed by atoms with Crippen LogP contribution in [0.4, 0.5) is 14.4 Å². The average molecular weight is 866 g/mol. The maximum atomic E-state index is 13.7. The highest BCUT2D eigenvalue weighted by atomic mass is 16.6. The second-order valence-electron chi connectivity index (χ2n) is 16.6. The molecule has 0 saturated carbocycles. The molecule has 0 saturated heterocycles. The van der Waals surface area contributed by atoms with Crippen molar-refractivity contribution in [3.63, 3.8) is 0 Å². The fraction of sp³-hybridized carbons (Fsp3) is 0.625. The summed E-state index contributed by atoms with van der Waals surface area (Å²) in [6, 6.07) is 17.7. The maximum Gasteiger partial charge on any atom is 0.412 e. The quantitative estimate of drug-likeness (QED) is 0.0143. The first kappa shape index (κ1) is 53.0. The molecule has 0 aromatic heterocycles. The second kappa shape index (κ2) is 32.6. The van der Waals surface area contributed by atoms with Crippen molar-refractivity contribution in [1.82, 2.24) is 21.3 Å². The van der Waals surface area contributed by atoms with E-state index in [1.165, 1.54) is 25.6 Å². The SMILES string of the molecule is CCCCCCCCC(CCCCCC)C(=O)OC(CCCCCNC(=O)C(CCN=CNC(=O)OCc1ccccc1)NC(=O)OC(C)(C)C)NC(=O)OCc1ccccc1. The van der Waals surface area contributed by atoms with E-state index in [0.29, 0.717) is 32.2 Å². The number of hydrogen-bond donors (Lipinski definition) is 4. The van der Waals surface area contributed by atoms with Crippen LogP contribution in [0.1, 0.15) is 155 Å². The smallest absolute Gasteiger partial charge is 0.412 e. The molecular formula is C48H75N5O9. The van der Waals surface area contributed by atoms with Crippen LogP contribution in [-0.2, 0) is 41.8 Å². The van der Waals surface area contributed by atoms with Crippen molar-refractivity contribution in [1.29, 1.82) is 0 Å². The number of nitrogens with one attached hydrogen (secondary N) is 4. The van der Waals surface area contributed by atoms with Gasteiger partial charge in [0.25, 0.3) is 0 Å². The molecule has 0 spiro atoms. The third-order valence-corrected chi connectivity index (χ3v) is 9.88. The number of nitrogens with zero attached hydrogens (tertiary/aromatic N) is 1. The van der Waals surface area contributed by atoms with E-state index < -0.39 is 42.1 Å². The number of ether oxygens (including phenoxy) is 4. The second-order valence-corrected chi connectivity index (χ2v) is 16.6. The van der Waals surface area contributed by atoms with E-state index in [4.69, 9.17) is 18.9 Å². The van der Waals surface area contributed by atoms with Gasteiger partial charge in [-0.05, 0) is 64.0 Å². The molecular weight excluding hydrogens is 791 g/mol. The van der Waals surface area contributed by atoms with Gasteiger partial charge in [0, 0.05) is 19.5 Å². The maximum absolute atomic E-state index is 13.7. The average Bonchev–Trinajstić information content (AvgIpc) is 3.24. The number of carbonyl (C=O) groups excluding carboxylic acids is 5. The molecule has 0 heterocycles. The third-order valence-electron chi connectivity index (χ3n) is 9.88. The summed E-state index contributed by atoms with van der Waals surface area (Å²) in [6.07, 6.45) is 13.2. The molecule has 2 aromatic carbocycles. The van der Waals surface area contributed by atoms with E-state index in [9.17, 15) is 24.0 Å². The first-order chi connectivity index (χ1) is 29.9. The molecule has 0 radical (unpaired) electrons.